The second-order valence-electron chi connectivity index (χ2n) is 4.94. The van der Waals surface area contributed by atoms with Gasteiger partial charge in [-0.2, -0.15) is 0 Å². The molecule has 1 aromatic carbocycles. The van der Waals surface area contributed by atoms with E-state index in [1.165, 1.54) is 32.2 Å². The quantitative estimate of drug-likeness (QED) is 0.854. The molecule has 2 nitrogen and oxygen atoms in total. The van der Waals surface area contributed by atoms with Crippen molar-refractivity contribution in [2.24, 2.45) is 0 Å². The zero-order valence-electron chi connectivity index (χ0n) is 10.4. The van der Waals surface area contributed by atoms with Crippen molar-refractivity contribution in [2.45, 2.75) is 44.7 Å². The van der Waals surface area contributed by atoms with Crippen LogP contribution in [0.5, 0.6) is 0 Å². The van der Waals surface area contributed by atoms with Crippen LogP contribution in [0.15, 0.2) is 24.3 Å². The lowest BCUT2D eigenvalue weighted by molar-refractivity contribution is 0.371. The van der Waals surface area contributed by atoms with E-state index in [9.17, 15) is 0 Å². The van der Waals surface area contributed by atoms with Crippen LogP contribution in [0.1, 0.15) is 32.6 Å². The molecule has 17 heavy (non-hydrogen) atoms. The summed E-state index contributed by atoms with van der Waals surface area (Å²) in [7, 11) is 0. The third-order valence-electron chi connectivity index (χ3n) is 3.29. The van der Waals surface area contributed by atoms with Crippen LogP contribution in [0.25, 0.3) is 0 Å². The number of anilines is 1. The Morgan fingerprint density at radius 2 is 2.35 bits per heavy atom. The van der Waals surface area contributed by atoms with Gasteiger partial charge in [-0.1, -0.05) is 24.1 Å². The predicted molar refractivity (Wildman–Crippen MR) is 74.8 cm³/mol. The van der Waals surface area contributed by atoms with Crippen LogP contribution in [0.3, 0.4) is 0 Å². The van der Waals surface area contributed by atoms with Crippen molar-refractivity contribution in [3.63, 3.8) is 0 Å². The summed E-state index contributed by atoms with van der Waals surface area (Å²) in [6.45, 7) is 3.41. The topological polar surface area (TPSA) is 24.1 Å². The van der Waals surface area contributed by atoms with Crippen molar-refractivity contribution in [3.8, 4) is 0 Å². The first-order chi connectivity index (χ1) is 8.24. The van der Waals surface area contributed by atoms with Crippen molar-refractivity contribution in [2.75, 3.05) is 11.9 Å². The molecule has 2 N–H and O–H groups in total. The monoisotopic (exact) mass is 252 g/mol. The minimum Gasteiger partial charge on any atom is -0.382 e. The summed E-state index contributed by atoms with van der Waals surface area (Å²) < 4.78 is 0. The molecule has 1 saturated heterocycles. The summed E-state index contributed by atoms with van der Waals surface area (Å²) in [4.78, 5) is 0. The van der Waals surface area contributed by atoms with Gasteiger partial charge in [0.1, 0.15) is 0 Å². The average molecular weight is 253 g/mol. The first kappa shape index (κ1) is 12.7. The smallest absolute Gasteiger partial charge is 0.0426 e. The van der Waals surface area contributed by atoms with Crippen LogP contribution in [0.4, 0.5) is 5.69 Å². The van der Waals surface area contributed by atoms with E-state index in [1.54, 1.807) is 0 Å². The summed E-state index contributed by atoms with van der Waals surface area (Å²) in [6, 6.07) is 9.08. The zero-order valence-corrected chi connectivity index (χ0v) is 11.1. The Labute approximate surface area is 109 Å². The van der Waals surface area contributed by atoms with E-state index in [0.29, 0.717) is 12.1 Å². The van der Waals surface area contributed by atoms with Gasteiger partial charge in [0.15, 0.2) is 0 Å². The summed E-state index contributed by atoms with van der Waals surface area (Å²) in [5.74, 6) is 0. The zero-order chi connectivity index (χ0) is 12.1. The molecule has 0 saturated carbocycles. The summed E-state index contributed by atoms with van der Waals surface area (Å²) in [5.41, 5.74) is 1.11. The van der Waals surface area contributed by atoms with Gasteiger partial charge < -0.3 is 10.6 Å². The lowest BCUT2D eigenvalue weighted by Crippen LogP contribution is -2.37. The maximum atomic E-state index is 5.97. The van der Waals surface area contributed by atoms with Gasteiger partial charge in [0.2, 0.25) is 0 Å². The molecule has 1 fully saturated rings. The van der Waals surface area contributed by atoms with Crippen LogP contribution in [-0.2, 0) is 0 Å². The van der Waals surface area contributed by atoms with Crippen molar-refractivity contribution in [1.82, 2.24) is 5.32 Å². The molecule has 0 aromatic heterocycles. The summed E-state index contributed by atoms with van der Waals surface area (Å²) in [5, 5.41) is 7.88. The predicted octanol–water partition coefficient (Wildman–Crippen LogP) is 3.67. The number of halogens is 1. The van der Waals surface area contributed by atoms with E-state index < -0.39 is 0 Å². The number of nitrogens with one attached hydrogen (secondary N) is 2. The Morgan fingerprint density at radius 1 is 1.47 bits per heavy atom. The first-order valence-electron chi connectivity index (χ1n) is 6.49. The highest BCUT2D eigenvalue weighted by Crippen LogP contribution is 2.18. The number of rotatable bonds is 4. The standard InChI is InChI=1S/C14H21ClN2/c1-11(9-13-6-2-3-8-16-13)17-14-7-4-5-12(15)10-14/h4-5,7,10-11,13,16-17H,2-3,6,8-9H2,1H3. The van der Waals surface area contributed by atoms with Crippen molar-refractivity contribution >= 4 is 17.3 Å². The van der Waals surface area contributed by atoms with Gasteiger partial charge in [-0.05, 0) is 50.9 Å². The maximum Gasteiger partial charge on any atom is 0.0426 e. The lowest BCUT2D eigenvalue weighted by atomic mass is 9.99. The fourth-order valence-corrected chi connectivity index (χ4v) is 2.66. The average Bonchev–Trinajstić information content (AvgIpc) is 2.30. The third-order valence-corrected chi connectivity index (χ3v) is 3.52. The molecule has 0 amide bonds. The van der Waals surface area contributed by atoms with Crippen LogP contribution in [0, 0.1) is 0 Å². The Hall–Kier alpha value is -0.730. The molecule has 1 aliphatic rings. The molecule has 0 spiro atoms. The molecule has 94 valence electrons. The van der Waals surface area contributed by atoms with Gasteiger partial charge in [0.25, 0.3) is 0 Å². The Balaban J connectivity index is 1.82. The molecule has 2 rings (SSSR count). The van der Waals surface area contributed by atoms with E-state index in [2.05, 4.69) is 23.6 Å². The fourth-order valence-electron chi connectivity index (χ4n) is 2.47. The first-order valence-corrected chi connectivity index (χ1v) is 6.87. The maximum absolute atomic E-state index is 5.97. The molecule has 0 bridgehead atoms. The highest BCUT2D eigenvalue weighted by atomic mass is 35.5. The number of benzene rings is 1. The van der Waals surface area contributed by atoms with Gasteiger partial charge in [-0.15, -0.1) is 0 Å². The number of piperidine rings is 1. The second kappa shape index (κ2) is 6.27. The van der Waals surface area contributed by atoms with Gasteiger partial charge >= 0.3 is 0 Å². The van der Waals surface area contributed by atoms with E-state index in [0.717, 1.165) is 10.7 Å². The van der Waals surface area contributed by atoms with E-state index >= 15 is 0 Å². The molecule has 0 aliphatic carbocycles. The molecular weight excluding hydrogens is 232 g/mol. The Morgan fingerprint density at radius 3 is 3.06 bits per heavy atom. The highest BCUT2D eigenvalue weighted by Gasteiger charge is 2.15. The van der Waals surface area contributed by atoms with E-state index in [-0.39, 0.29) is 0 Å². The van der Waals surface area contributed by atoms with Crippen LogP contribution in [0.2, 0.25) is 5.02 Å². The Bertz CT molecular complexity index is 348. The summed E-state index contributed by atoms with van der Waals surface area (Å²) in [6.07, 6.45) is 5.17. The molecule has 3 heteroatoms. The number of hydrogen-bond acceptors (Lipinski definition) is 2. The normalized spacial score (nSPS) is 22.1. The van der Waals surface area contributed by atoms with Gasteiger partial charge in [-0.25, -0.2) is 0 Å². The minimum absolute atomic E-state index is 0.476. The molecule has 2 atom stereocenters. The molecule has 2 unspecified atom stereocenters. The Kier molecular flexibility index (Phi) is 4.69. The van der Waals surface area contributed by atoms with Gasteiger partial charge in [-0.3, -0.25) is 0 Å². The molecule has 1 aromatic rings. The largest absolute Gasteiger partial charge is 0.382 e. The highest BCUT2D eigenvalue weighted by molar-refractivity contribution is 6.30. The number of hydrogen-bond donors (Lipinski definition) is 2. The van der Waals surface area contributed by atoms with Crippen LogP contribution >= 0.6 is 11.6 Å². The minimum atomic E-state index is 0.476. The SMILES string of the molecule is CC(CC1CCCCN1)Nc1cccc(Cl)c1. The second-order valence-corrected chi connectivity index (χ2v) is 5.37. The van der Waals surface area contributed by atoms with Gasteiger partial charge in [0, 0.05) is 22.8 Å². The fraction of sp³-hybridized carbons (Fsp3) is 0.571. The van der Waals surface area contributed by atoms with Crippen LogP contribution in [-0.4, -0.2) is 18.6 Å². The molecular formula is C14H21ClN2. The molecule has 1 aliphatic heterocycles. The molecule has 1 heterocycles. The van der Waals surface area contributed by atoms with Crippen molar-refractivity contribution < 1.29 is 0 Å². The van der Waals surface area contributed by atoms with E-state index in [4.69, 9.17) is 11.6 Å². The van der Waals surface area contributed by atoms with Crippen LogP contribution < -0.4 is 10.6 Å². The lowest BCUT2D eigenvalue weighted by Gasteiger charge is -2.27. The molecule has 0 radical (unpaired) electrons. The van der Waals surface area contributed by atoms with Crippen molar-refractivity contribution in [3.05, 3.63) is 29.3 Å². The van der Waals surface area contributed by atoms with E-state index in [1.807, 2.05) is 18.2 Å². The van der Waals surface area contributed by atoms with Crippen molar-refractivity contribution in [1.29, 1.82) is 0 Å². The summed E-state index contributed by atoms with van der Waals surface area (Å²) >= 11 is 5.97. The third kappa shape index (κ3) is 4.21. The van der Waals surface area contributed by atoms with Gasteiger partial charge in [0.05, 0.1) is 0 Å².